The van der Waals surface area contributed by atoms with Crippen molar-refractivity contribution in [2.45, 2.75) is 27.2 Å². The van der Waals surface area contributed by atoms with Gasteiger partial charge in [-0.2, -0.15) is 0 Å². The van der Waals surface area contributed by atoms with Crippen molar-refractivity contribution in [3.8, 4) is 0 Å². The predicted molar refractivity (Wildman–Crippen MR) is 103 cm³/mol. The van der Waals surface area contributed by atoms with Gasteiger partial charge in [-0.15, -0.1) is 0 Å². The molecule has 0 saturated heterocycles. The molecule has 0 spiro atoms. The van der Waals surface area contributed by atoms with E-state index in [1.165, 1.54) is 12.0 Å². The zero-order valence-corrected chi connectivity index (χ0v) is 14.2. The number of benzene rings is 1. The number of aryl methyl sites for hydroxylation is 1. The molecule has 0 aliphatic carbocycles. The highest BCUT2D eigenvalue weighted by molar-refractivity contribution is 5.77. The van der Waals surface area contributed by atoms with Gasteiger partial charge < -0.3 is 0 Å². The lowest BCUT2D eigenvalue weighted by Crippen LogP contribution is -1.85. The van der Waals surface area contributed by atoms with Crippen molar-refractivity contribution in [3.63, 3.8) is 0 Å². The van der Waals surface area contributed by atoms with Gasteiger partial charge in [-0.25, -0.2) is 0 Å². The molecule has 0 aliphatic heterocycles. The first-order valence-corrected chi connectivity index (χ1v) is 7.58. The van der Waals surface area contributed by atoms with E-state index >= 15 is 0 Å². The summed E-state index contributed by atoms with van der Waals surface area (Å²) in [6.45, 7) is 21.8. The van der Waals surface area contributed by atoms with Crippen molar-refractivity contribution >= 4 is 5.57 Å². The van der Waals surface area contributed by atoms with Gasteiger partial charge in [-0.05, 0) is 35.3 Å². The van der Waals surface area contributed by atoms with Crippen molar-refractivity contribution < 1.29 is 0 Å². The van der Waals surface area contributed by atoms with Gasteiger partial charge in [0.2, 0.25) is 0 Å². The van der Waals surface area contributed by atoms with Crippen LogP contribution < -0.4 is 0 Å². The molecule has 1 aromatic carbocycles. The molecule has 0 fully saturated rings. The van der Waals surface area contributed by atoms with Crippen molar-refractivity contribution in [2.24, 2.45) is 0 Å². The second kappa shape index (κ2) is 11.3. The van der Waals surface area contributed by atoms with Crippen LogP contribution in [0.2, 0.25) is 0 Å². The van der Waals surface area contributed by atoms with Crippen molar-refractivity contribution in [3.05, 3.63) is 103 Å². The van der Waals surface area contributed by atoms with Crippen molar-refractivity contribution in [2.75, 3.05) is 0 Å². The van der Waals surface area contributed by atoms with Crippen LogP contribution in [0.25, 0.3) is 5.57 Å². The minimum absolute atomic E-state index is 0.868. The highest BCUT2D eigenvalue weighted by Crippen LogP contribution is 2.21. The Morgan fingerprint density at radius 3 is 2.23 bits per heavy atom. The molecule has 0 unspecified atom stereocenters. The summed E-state index contributed by atoms with van der Waals surface area (Å²) >= 11 is 0. The Morgan fingerprint density at radius 1 is 1.09 bits per heavy atom. The van der Waals surface area contributed by atoms with Gasteiger partial charge in [-0.1, -0.05) is 101 Å². The van der Waals surface area contributed by atoms with E-state index in [9.17, 15) is 0 Å². The van der Waals surface area contributed by atoms with E-state index in [0.29, 0.717) is 0 Å². The lowest BCUT2D eigenvalue weighted by molar-refractivity contribution is 1.09. The summed E-state index contributed by atoms with van der Waals surface area (Å²) in [7, 11) is 0. The van der Waals surface area contributed by atoms with Gasteiger partial charge in [0, 0.05) is 0 Å². The molecular formula is C22H28. The normalized spacial score (nSPS) is 10.6. The maximum absolute atomic E-state index is 4.03. The molecule has 0 atom stereocenters. The van der Waals surface area contributed by atoms with Crippen LogP contribution in [-0.4, -0.2) is 0 Å². The summed E-state index contributed by atoms with van der Waals surface area (Å²) in [5.74, 6) is 0. The average Bonchev–Trinajstić information content (AvgIpc) is 2.50. The SMILES string of the molecule is C=C/C=C\C(=C)C(=C)/C=C(\C=C)c1cccc(C)c1.CCC. The molecule has 1 rings (SSSR count). The van der Waals surface area contributed by atoms with Crippen LogP contribution in [0.4, 0.5) is 0 Å². The van der Waals surface area contributed by atoms with E-state index in [1.54, 1.807) is 6.08 Å². The first kappa shape index (κ1) is 19.7. The number of hydrogen-bond donors (Lipinski definition) is 0. The Hall–Kier alpha value is -2.34. The van der Waals surface area contributed by atoms with E-state index in [4.69, 9.17) is 0 Å². The zero-order valence-electron chi connectivity index (χ0n) is 14.2. The van der Waals surface area contributed by atoms with Crippen LogP contribution >= 0.6 is 0 Å². The van der Waals surface area contributed by atoms with Gasteiger partial charge >= 0.3 is 0 Å². The average molecular weight is 292 g/mol. The standard InChI is InChI=1S/C19H20.C3H8/c1-6-8-11-16(4)17(5)14-18(7-2)19-12-9-10-15(3)13-19;1-3-2/h6-14H,1-2,4-5H2,3H3;3H2,1-2H3/b11-8-,18-14+;. The Kier molecular flexibility index (Phi) is 10.1. The number of allylic oxidation sites excluding steroid dienone is 8. The van der Waals surface area contributed by atoms with Gasteiger partial charge in [0.1, 0.15) is 0 Å². The highest BCUT2D eigenvalue weighted by Gasteiger charge is 2.00. The lowest BCUT2D eigenvalue weighted by Gasteiger charge is -2.06. The van der Waals surface area contributed by atoms with E-state index in [0.717, 1.165) is 22.3 Å². The van der Waals surface area contributed by atoms with Crippen LogP contribution in [-0.2, 0) is 0 Å². The first-order chi connectivity index (χ1) is 10.5. The molecule has 0 amide bonds. The molecule has 0 heterocycles. The molecule has 0 aliphatic rings. The summed E-state index contributed by atoms with van der Waals surface area (Å²) in [4.78, 5) is 0. The molecular weight excluding hydrogens is 264 g/mol. The fraction of sp³-hybridized carbons (Fsp3) is 0.182. The Bertz CT molecular complexity index is 580. The molecule has 0 N–H and O–H groups in total. The van der Waals surface area contributed by atoms with Gasteiger partial charge in [0.05, 0.1) is 0 Å². The lowest BCUT2D eigenvalue weighted by atomic mass is 9.99. The Balaban J connectivity index is 0.00000135. The second-order valence-electron chi connectivity index (χ2n) is 5.03. The number of hydrogen-bond acceptors (Lipinski definition) is 0. The third-order valence-corrected chi connectivity index (χ3v) is 2.75. The molecule has 0 aromatic heterocycles. The quantitative estimate of drug-likeness (QED) is 0.504. The fourth-order valence-electron chi connectivity index (χ4n) is 1.66. The molecule has 116 valence electrons. The molecule has 1 aromatic rings. The smallest absolute Gasteiger partial charge is 0.0181 e. The van der Waals surface area contributed by atoms with E-state index < -0.39 is 0 Å². The second-order valence-corrected chi connectivity index (χ2v) is 5.03. The molecule has 0 saturated carbocycles. The Labute approximate surface area is 136 Å². The number of rotatable bonds is 6. The van der Waals surface area contributed by atoms with Gasteiger partial charge in [0.15, 0.2) is 0 Å². The van der Waals surface area contributed by atoms with E-state index in [2.05, 4.69) is 65.3 Å². The summed E-state index contributed by atoms with van der Waals surface area (Å²) in [6, 6.07) is 8.31. The van der Waals surface area contributed by atoms with E-state index in [1.807, 2.05) is 30.4 Å². The van der Waals surface area contributed by atoms with Crippen LogP contribution in [0, 0.1) is 6.92 Å². The van der Waals surface area contributed by atoms with Gasteiger partial charge in [-0.3, -0.25) is 0 Å². The third kappa shape index (κ3) is 7.44. The molecule has 0 heteroatoms. The molecule has 0 bridgehead atoms. The molecule has 0 nitrogen and oxygen atoms in total. The highest BCUT2D eigenvalue weighted by atomic mass is 14.0. The molecule has 22 heavy (non-hydrogen) atoms. The van der Waals surface area contributed by atoms with Gasteiger partial charge in [0.25, 0.3) is 0 Å². The summed E-state index contributed by atoms with van der Waals surface area (Å²) in [6.07, 6.45) is 10.5. The fourth-order valence-corrected chi connectivity index (χ4v) is 1.66. The zero-order chi connectivity index (χ0) is 17.0. The largest absolute Gasteiger partial charge is 0.0991 e. The van der Waals surface area contributed by atoms with Crippen LogP contribution in [0.15, 0.2) is 92.1 Å². The molecule has 0 radical (unpaired) electrons. The maximum atomic E-state index is 4.03. The van der Waals surface area contributed by atoms with E-state index in [-0.39, 0.29) is 0 Å². The minimum atomic E-state index is 0.868. The predicted octanol–water partition coefficient (Wildman–Crippen LogP) is 6.84. The minimum Gasteiger partial charge on any atom is -0.0991 e. The Morgan fingerprint density at radius 2 is 1.73 bits per heavy atom. The monoisotopic (exact) mass is 292 g/mol. The van der Waals surface area contributed by atoms with Crippen LogP contribution in [0.5, 0.6) is 0 Å². The topological polar surface area (TPSA) is 0 Å². The summed E-state index contributed by atoms with van der Waals surface area (Å²) in [5, 5.41) is 0. The van der Waals surface area contributed by atoms with Crippen LogP contribution in [0.3, 0.4) is 0 Å². The van der Waals surface area contributed by atoms with Crippen LogP contribution in [0.1, 0.15) is 31.4 Å². The maximum Gasteiger partial charge on any atom is -0.0181 e. The summed E-state index contributed by atoms with van der Waals surface area (Å²) < 4.78 is 0. The third-order valence-electron chi connectivity index (χ3n) is 2.75. The first-order valence-electron chi connectivity index (χ1n) is 7.58. The van der Waals surface area contributed by atoms with Crippen molar-refractivity contribution in [1.29, 1.82) is 0 Å². The summed E-state index contributed by atoms with van der Waals surface area (Å²) in [5.41, 5.74) is 5.14. The van der Waals surface area contributed by atoms with Crippen molar-refractivity contribution in [1.82, 2.24) is 0 Å².